The fraction of sp³-hybridized carbons (Fsp3) is 0.368. The minimum absolute atomic E-state index is 0.370. The Morgan fingerprint density at radius 1 is 1.15 bits per heavy atom. The van der Waals surface area contributed by atoms with E-state index in [2.05, 4.69) is 37.6 Å². The molecule has 0 spiro atoms. The summed E-state index contributed by atoms with van der Waals surface area (Å²) in [4.78, 5) is 13.1. The van der Waals surface area contributed by atoms with Gasteiger partial charge in [0, 0.05) is 38.0 Å². The predicted molar refractivity (Wildman–Crippen MR) is 95.9 cm³/mol. The molecule has 1 fully saturated rings. The molecule has 134 valence electrons. The molecule has 1 N–H and O–H groups in total. The fourth-order valence-corrected chi connectivity index (χ4v) is 3.00. The number of rotatable bonds is 7. The Hall–Kier alpha value is -2.80. The van der Waals surface area contributed by atoms with Crippen molar-refractivity contribution in [2.75, 3.05) is 25.1 Å². The predicted octanol–water partition coefficient (Wildman–Crippen LogP) is 2.61. The summed E-state index contributed by atoms with van der Waals surface area (Å²) < 4.78 is 10.8. The van der Waals surface area contributed by atoms with Gasteiger partial charge in [-0.25, -0.2) is 9.97 Å². The second kappa shape index (κ2) is 8.05. The zero-order chi connectivity index (χ0) is 17.6. The van der Waals surface area contributed by atoms with Crippen molar-refractivity contribution in [2.45, 2.75) is 25.2 Å². The van der Waals surface area contributed by atoms with Gasteiger partial charge in [-0.2, -0.15) is 4.98 Å². The van der Waals surface area contributed by atoms with Gasteiger partial charge in [0.05, 0.1) is 12.3 Å². The molecule has 3 heterocycles. The Kier molecular flexibility index (Phi) is 5.16. The molecule has 1 aromatic carbocycles. The number of nitrogens with zero attached hydrogens (tertiary/aromatic N) is 4. The van der Waals surface area contributed by atoms with Gasteiger partial charge in [0.1, 0.15) is 12.1 Å². The summed E-state index contributed by atoms with van der Waals surface area (Å²) >= 11 is 0. The summed E-state index contributed by atoms with van der Waals surface area (Å²) in [5, 5.41) is 7.35. The number of aromatic nitrogens is 4. The highest BCUT2D eigenvalue weighted by atomic mass is 16.5. The molecular formula is C19H21N5O2. The highest BCUT2D eigenvalue weighted by molar-refractivity contribution is 5.36. The van der Waals surface area contributed by atoms with E-state index in [1.54, 1.807) is 6.33 Å². The van der Waals surface area contributed by atoms with Crippen LogP contribution >= 0.6 is 0 Å². The van der Waals surface area contributed by atoms with Crippen molar-refractivity contribution < 1.29 is 9.26 Å². The van der Waals surface area contributed by atoms with E-state index in [9.17, 15) is 0 Å². The van der Waals surface area contributed by atoms with E-state index in [-0.39, 0.29) is 0 Å². The van der Waals surface area contributed by atoms with Crippen molar-refractivity contribution in [1.29, 1.82) is 0 Å². The molecule has 7 nitrogen and oxygen atoms in total. The van der Waals surface area contributed by atoms with E-state index >= 15 is 0 Å². The van der Waals surface area contributed by atoms with E-state index < -0.39 is 0 Å². The van der Waals surface area contributed by atoms with Gasteiger partial charge >= 0.3 is 0 Å². The third-order valence-electron chi connectivity index (χ3n) is 4.40. The molecule has 1 aliphatic rings. The van der Waals surface area contributed by atoms with Crippen LogP contribution in [-0.4, -0.2) is 39.9 Å². The third-order valence-corrected chi connectivity index (χ3v) is 4.40. The number of ether oxygens (including phenoxy) is 1. The van der Waals surface area contributed by atoms with Gasteiger partial charge in [0.2, 0.25) is 5.89 Å². The first kappa shape index (κ1) is 16.7. The van der Waals surface area contributed by atoms with Crippen LogP contribution in [0.15, 0.2) is 47.2 Å². The van der Waals surface area contributed by atoms with Crippen LogP contribution in [0, 0.1) is 0 Å². The van der Waals surface area contributed by atoms with E-state index in [1.165, 1.54) is 5.56 Å². The fourth-order valence-electron chi connectivity index (χ4n) is 3.00. The van der Waals surface area contributed by atoms with Crippen LogP contribution in [-0.2, 0) is 17.6 Å². The van der Waals surface area contributed by atoms with Gasteiger partial charge in [-0.1, -0.05) is 35.5 Å². The van der Waals surface area contributed by atoms with Gasteiger partial charge in [-0.05, 0) is 12.0 Å². The van der Waals surface area contributed by atoms with Crippen molar-refractivity contribution in [3.8, 4) is 0 Å². The van der Waals surface area contributed by atoms with Crippen molar-refractivity contribution in [3.63, 3.8) is 0 Å². The van der Waals surface area contributed by atoms with Crippen LogP contribution in [0.4, 0.5) is 5.82 Å². The van der Waals surface area contributed by atoms with Crippen LogP contribution in [0.3, 0.4) is 0 Å². The quantitative estimate of drug-likeness (QED) is 0.700. The molecular weight excluding hydrogens is 330 g/mol. The second-order valence-electron chi connectivity index (χ2n) is 6.33. The smallest absolute Gasteiger partial charge is 0.228 e. The zero-order valence-corrected chi connectivity index (χ0v) is 14.5. The molecule has 1 aliphatic heterocycles. The molecule has 7 heteroatoms. The van der Waals surface area contributed by atoms with E-state index in [4.69, 9.17) is 9.26 Å². The minimum Gasteiger partial charge on any atom is -0.381 e. The van der Waals surface area contributed by atoms with Gasteiger partial charge in [0.25, 0.3) is 0 Å². The van der Waals surface area contributed by atoms with E-state index in [0.717, 1.165) is 31.1 Å². The lowest BCUT2D eigenvalue weighted by molar-refractivity contribution is 0.193. The summed E-state index contributed by atoms with van der Waals surface area (Å²) in [6.07, 6.45) is 3.94. The zero-order valence-electron chi connectivity index (χ0n) is 14.5. The molecule has 0 aliphatic carbocycles. The number of anilines is 1. The lowest BCUT2D eigenvalue weighted by Crippen LogP contribution is -2.09. The lowest BCUT2D eigenvalue weighted by Gasteiger charge is -2.09. The highest BCUT2D eigenvalue weighted by Crippen LogP contribution is 2.24. The SMILES string of the molecule is c1ccc(Cc2noc(CCNc3cc(C4CCOC4)ncn3)n2)cc1. The maximum atomic E-state index is 5.43. The Morgan fingerprint density at radius 2 is 2.08 bits per heavy atom. The third kappa shape index (κ3) is 4.23. The largest absolute Gasteiger partial charge is 0.381 e. The van der Waals surface area contributed by atoms with Crippen LogP contribution in [0.5, 0.6) is 0 Å². The molecule has 3 aromatic rings. The first-order valence-corrected chi connectivity index (χ1v) is 8.86. The molecule has 0 saturated carbocycles. The first-order chi connectivity index (χ1) is 12.9. The number of hydrogen-bond acceptors (Lipinski definition) is 7. The van der Waals surface area contributed by atoms with Crippen LogP contribution < -0.4 is 5.32 Å². The van der Waals surface area contributed by atoms with Gasteiger partial charge in [-0.3, -0.25) is 0 Å². The normalized spacial score (nSPS) is 16.7. The monoisotopic (exact) mass is 351 g/mol. The summed E-state index contributed by atoms with van der Waals surface area (Å²) in [6.45, 7) is 2.22. The standard InChI is InChI=1S/C19H21N5O2/c1-2-4-14(5-3-1)10-18-23-19(26-24-18)6-8-20-17-11-16(21-13-22-17)15-7-9-25-12-15/h1-5,11,13,15H,6-10,12H2,(H,20,21,22). The van der Waals surface area contributed by atoms with Crippen LogP contribution in [0.2, 0.25) is 0 Å². The maximum absolute atomic E-state index is 5.43. The summed E-state index contributed by atoms with van der Waals surface area (Å²) in [7, 11) is 0. The summed E-state index contributed by atoms with van der Waals surface area (Å²) in [6, 6.07) is 12.1. The van der Waals surface area contributed by atoms with Crippen molar-refractivity contribution >= 4 is 5.82 Å². The first-order valence-electron chi connectivity index (χ1n) is 8.86. The molecule has 26 heavy (non-hydrogen) atoms. The van der Waals surface area contributed by atoms with Gasteiger partial charge in [0.15, 0.2) is 5.82 Å². The van der Waals surface area contributed by atoms with E-state index in [1.807, 2.05) is 24.3 Å². The molecule has 0 amide bonds. The molecule has 1 atom stereocenters. The molecule has 1 saturated heterocycles. The number of nitrogens with one attached hydrogen (secondary N) is 1. The Bertz CT molecular complexity index is 831. The summed E-state index contributed by atoms with van der Waals surface area (Å²) in [5.74, 6) is 2.51. The topological polar surface area (TPSA) is 86.0 Å². The molecule has 2 aromatic heterocycles. The number of benzene rings is 1. The average molecular weight is 351 g/mol. The summed E-state index contributed by atoms with van der Waals surface area (Å²) in [5.41, 5.74) is 2.20. The average Bonchev–Trinajstić information content (AvgIpc) is 3.35. The van der Waals surface area contributed by atoms with Crippen molar-refractivity contribution in [2.24, 2.45) is 0 Å². The highest BCUT2D eigenvalue weighted by Gasteiger charge is 2.19. The molecule has 0 radical (unpaired) electrons. The second-order valence-corrected chi connectivity index (χ2v) is 6.33. The van der Waals surface area contributed by atoms with Crippen molar-refractivity contribution in [3.05, 3.63) is 65.7 Å². The van der Waals surface area contributed by atoms with E-state index in [0.29, 0.717) is 37.0 Å². The van der Waals surface area contributed by atoms with Crippen LogP contribution in [0.25, 0.3) is 0 Å². The van der Waals surface area contributed by atoms with Crippen LogP contribution in [0.1, 0.15) is 35.3 Å². The number of hydrogen-bond donors (Lipinski definition) is 1. The Labute approximate surface area is 151 Å². The Morgan fingerprint density at radius 3 is 2.92 bits per heavy atom. The maximum Gasteiger partial charge on any atom is 0.228 e. The van der Waals surface area contributed by atoms with Gasteiger partial charge in [-0.15, -0.1) is 0 Å². The Balaban J connectivity index is 1.29. The lowest BCUT2D eigenvalue weighted by atomic mass is 10.1. The van der Waals surface area contributed by atoms with Gasteiger partial charge < -0.3 is 14.6 Å². The van der Waals surface area contributed by atoms with Crippen molar-refractivity contribution in [1.82, 2.24) is 20.1 Å². The minimum atomic E-state index is 0.370. The molecule has 4 rings (SSSR count). The molecule has 0 bridgehead atoms. The molecule has 1 unspecified atom stereocenters.